The quantitative estimate of drug-likeness (QED) is 0.663. The van der Waals surface area contributed by atoms with Crippen molar-refractivity contribution in [2.45, 2.75) is 31.3 Å². The van der Waals surface area contributed by atoms with Crippen LogP contribution in [0.4, 0.5) is 5.69 Å². The first-order valence-electron chi connectivity index (χ1n) is 11.1. The van der Waals surface area contributed by atoms with Gasteiger partial charge < -0.3 is 5.32 Å². The van der Waals surface area contributed by atoms with Gasteiger partial charge in [-0.25, -0.2) is 0 Å². The van der Waals surface area contributed by atoms with Crippen LogP contribution in [-0.4, -0.2) is 47.2 Å². The molecular weight excluding hydrogens is 422 g/mol. The number of amides is 3. The van der Waals surface area contributed by atoms with Gasteiger partial charge in [-0.2, -0.15) is 11.8 Å². The number of nitrogens with zero attached hydrogens (tertiary/aromatic N) is 1. The Morgan fingerprint density at radius 3 is 2.59 bits per heavy atom. The minimum absolute atomic E-state index is 0.152. The molecule has 6 nitrogen and oxygen atoms in total. The van der Waals surface area contributed by atoms with Crippen LogP contribution in [0.1, 0.15) is 23.1 Å². The molecule has 2 aromatic rings. The van der Waals surface area contributed by atoms with Crippen LogP contribution in [0.3, 0.4) is 0 Å². The van der Waals surface area contributed by atoms with Crippen molar-refractivity contribution in [2.24, 2.45) is 11.8 Å². The Hall–Kier alpha value is -2.64. The average molecular weight is 450 g/mol. The van der Waals surface area contributed by atoms with Gasteiger partial charge in [0.05, 0.1) is 11.8 Å². The van der Waals surface area contributed by atoms with Crippen molar-refractivity contribution in [2.75, 3.05) is 23.9 Å². The maximum absolute atomic E-state index is 13.7. The fourth-order valence-corrected chi connectivity index (χ4v) is 6.06. The molecule has 0 saturated carbocycles. The Balaban J connectivity index is 1.53. The van der Waals surface area contributed by atoms with E-state index in [1.54, 1.807) is 11.8 Å². The van der Waals surface area contributed by atoms with Gasteiger partial charge in [0.2, 0.25) is 17.7 Å². The Kier molecular flexibility index (Phi) is 5.34. The predicted octanol–water partition coefficient (Wildman–Crippen LogP) is 2.71. The lowest BCUT2D eigenvalue weighted by Gasteiger charge is -2.29. The van der Waals surface area contributed by atoms with Gasteiger partial charge in [0, 0.05) is 23.8 Å². The van der Waals surface area contributed by atoms with Gasteiger partial charge in [-0.15, -0.1) is 0 Å². The van der Waals surface area contributed by atoms with Gasteiger partial charge in [0.25, 0.3) is 0 Å². The third kappa shape index (κ3) is 3.10. The zero-order valence-corrected chi connectivity index (χ0v) is 19.1. The molecule has 166 valence electrons. The second-order valence-electron chi connectivity index (χ2n) is 8.91. The van der Waals surface area contributed by atoms with Crippen LogP contribution in [-0.2, 0) is 26.3 Å². The molecule has 2 fully saturated rings. The van der Waals surface area contributed by atoms with Crippen molar-refractivity contribution in [1.82, 2.24) is 10.2 Å². The molecule has 4 atom stereocenters. The molecule has 0 bridgehead atoms. The number of rotatable bonds is 6. The van der Waals surface area contributed by atoms with E-state index in [1.807, 2.05) is 61.7 Å². The minimum atomic E-state index is -1.19. The number of hydrogen-bond acceptors (Lipinski definition) is 5. The van der Waals surface area contributed by atoms with Gasteiger partial charge >= 0.3 is 0 Å². The van der Waals surface area contributed by atoms with Gasteiger partial charge in [0.15, 0.2) is 0 Å². The summed E-state index contributed by atoms with van der Waals surface area (Å²) in [6.45, 7) is 2.31. The normalized spacial score (nSPS) is 28.4. The third-order valence-corrected chi connectivity index (χ3v) is 7.71. The molecule has 0 unspecified atom stereocenters. The molecule has 7 heteroatoms. The Bertz CT molecular complexity index is 1090. The molecule has 3 aliphatic heterocycles. The van der Waals surface area contributed by atoms with Crippen molar-refractivity contribution in [3.63, 3.8) is 0 Å². The maximum Gasteiger partial charge on any atom is 0.250 e. The molecule has 0 aliphatic carbocycles. The number of fused-ring (bicyclic) bond motifs is 4. The number of carbonyl (C=O) groups excluding carboxylic acids is 3. The Morgan fingerprint density at radius 1 is 1.06 bits per heavy atom. The molecule has 1 spiro atoms. The summed E-state index contributed by atoms with van der Waals surface area (Å²) in [4.78, 5) is 42.1. The fourth-order valence-electron chi connectivity index (χ4n) is 5.57. The zero-order chi connectivity index (χ0) is 22.5. The summed E-state index contributed by atoms with van der Waals surface area (Å²) in [5.74, 6) is -1.01. The van der Waals surface area contributed by atoms with Crippen molar-refractivity contribution in [3.05, 3.63) is 65.2 Å². The van der Waals surface area contributed by atoms with E-state index in [0.717, 1.165) is 34.6 Å². The van der Waals surface area contributed by atoms with E-state index in [9.17, 15) is 14.4 Å². The maximum atomic E-state index is 13.7. The summed E-state index contributed by atoms with van der Waals surface area (Å²) in [6.07, 6.45) is 3.36. The van der Waals surface area contributed by atoms with Crippen molar-refractivity contribution >= 4 is 35.2 Å². The van der Waals surface area contributed by atoms with Gasteiger partial charge in [-0.05, 0) is 43.4 Å². The highest BCUT2D eigenvalue weighted by atomic mass is 32.2. The SMILES string of the molecule is CSCC[C@H]1N[C@@]2(C(=O)Nc3ccc(C)cc32)[C@@H]2C(=O)N(CCc3ccccc3)C(=O)[C@@H]21. The van der Waals surface area contributed by atoms with Crippen LogP contribution < -0.4 is 10.6 Å². The second kappa shape index (κ2) is 8.05. The molecule has 0 aromatic heterocycles. The van der Waals surface area contributed by atoms with Gasteiger partial charge in [-0.1, -0.05) is 48.0 Å². The molecule has 2 saturated heterocycles. The largest absolute Gasteiger partial charge is 0.324 e. The summed E-state index contributed by atoms with van der Waals surface area (Å²) in [5, 5.41) is 6.46. The summed E-state index contributed by atoms with van der Waals surface area (Å²) < 4.78 is 0. The highest BCUT2D eigenvalue weighted by Gasteiger charge is 2.70. The van der Waals surface area contributed by atoms with Gasteiger partial charge in [0.1, 0.15) is 5.54 Å². The summed E-state index contributed by atoms with van der Waals surface area (Å²) in [6, 6.07) is 15.4. The van der Waals surface area contributed by atoms with Crippen molar-refractivity contribution in [3.8, 4) is 0 Å². The number of aryl methyl sites for hydroxylation is 1. The van der Waals surface area contributed by atoms with Crippen LogP contribution in [0, 0.1) is 18.8 Å². The van der Waals surface area contributed by atoms with E-state index in [2.05, 4.69) is 10.6 Å². The summed E-state index contributed by atoms with van der Waals surface area (Å²) >= 11 is 1.70. The van der Waals surface area contributed by atoms with E-state index in [-0.39, 0.29) is 23.8 Å². The first-order valence-corrected chi connectivity index (χ1v) is 12.4. The Morgan fingerprint density at radius 2 is 1.84 bits per heavy atom. The average Bonchev–Trinajstić information content (AvgIpc) is 3.37. The lowest BCUT2D eigenvalue weighted by atomic mass is 9.76. The van der Waals surface area contributed by atoms with Crippen molar-refractivity contribution in [1.29, 1.82) is 0 Å². The van der Waals surface area contributed by atoms with E-state index < -0.39 is 17.4 Å². The summed E-state index contributed by atoms with van der Waals surface area (Å²) in [5.41, 5.74) is 2.42. The standard InChI is InChI=1S/C25H27N3O3S/c1-15-8-9-18-17(14-15)25(24(31)26-18)21-20(19(27-25)11-13-32-2)22(29)28(23(21)30)12-10-16-6-4-3-5-7-16/h3-9,14,19-21,27H,10-13H2,1-2H3,(H,26,31)/t19-,20-,21+,25-/m1/s1. The molecule has 0 radical (unpaired) electrons. The molecule has 2 aromatic carbocycles. The van der Waals surface area contributed by atoms with Crippen LogP contribution in [0.5, 0.6) is 0 Å². The topological polar surface area (TPSA) is 78.5 Å². The molecule has 3 heterocycles. The van der Waals surface area contributed by atoms with Crippen LogP contribution >= 0.6 is 11.8 Å². The van der Waals surface area contributed by atoms with Gasteiger partial charge in [-0.3, -0.25) is 24.6 Å². The molecule has 5 rings (SSSR count). The lowest BCUT2D eigenvalue weighted by molar-refractivity contribution is -0.142. The first kappa shape index (κ1) is 21.2. The molecule has 3 aliphatic rings. The highest BCUT2D eigenvalue weighted by molar-refractivity contribution is 7.98. The molecule has 2 N–H and O–H groups in total. The van der Waals surface area contributed by atoms with Crippen molar-refractivity contribution < 1.29 is 14.4 Å². The van der Waals surface area contributed by atoms with E-state index >= 15 is 0 Å². The number of likely N-dealkylation sites (tertiary alicyclic amines) is 1. The number of benzene rings is 2. The third-order valence-electron chi connectivity index (χ3n) is 7.06. The first-order chi connectivity index (χ1) is 15.5. The van der Waals surface area contributed by atoms with Crippen LogP contribution in [0.25, 0.3) is 0 Å². The number of hydrogen-bond donors (Lipinski definition) is 2. The number of imide groups is 1. The number of thioether (sulfide) groups is 1. The van der Waals surface area contributed by atoms with Crippen LogP contribution in [0.2, 0.25) is 0 Å². The second-order valence-corrected chi connectivity index (χ2v) is 9.90. The fraction of sp³-hybridized carbons (Fsp3) is 0.400. The van der Waals surface area contributed by atoms with Crippen LogP contribution in [0.15, 0.2) is 48.5 Å². The summed E-state index contributed by atoms with van der Waals surface area (Å²) in [7, 11) is 0. The highest BCUT2D eigenvalue weighted by Crippen LogP contribution is 2.53. The predicted molar refractivity (Wildman–Crippen MR) is 125 cm³/mol. The zero-order valence-electron chi connectivity index (χ0n) is 18.3. The molecule has 32 heavy (non-hydrogen) atoms. The molecule has 3 amide bonds. The Labute approximate surface area is 192 Å². The number of anilines is 1. The van der Waals surface area contributed by atoms with E-state index in [4.69, 9.17) is 0 Å². The monoisotopic (exact) mass is 449 g/mol. The number of nitrogens with one attached hydrogen (secondary N) is 2. The molecular formula is C25H27N3O3S. The van der Waals surface area contributed by atoms with E-state index in [0.29, 0.717) is 13.0 Å². The lowest BCUT2D eigenvalue weighted by Crippen LogP contribution is -2.53. The smallest absolute Gasteiger partial charge is 0.250 e. The minimum Gasteiger partial charge on any atom is -0.324 e. The number of carbonyl (C=O) groups is 3. The van der Waals surface area contributed by atoms with E-state index in [1.165, 1.54) is 4.90 Å².